The third-order valence-corrected chi connectivity index (χ3v) is 9.77. The number of carbonyl (C=O) groups is 1. The predicted octanol–water partition coefficient (Wildman–Crippen LogP) is 4.20. The highest BCUT2D eigenvalue weighted by Gasteiger charge is 2.34. The number of hydrogen-bond acceptors (Lipinski definition) is 6. The number of carbonyl (C=O) groups excluding carboxylic acids is 1. The summed E-state index contributed by atoms with van der Waals surface area (Å²) in [6.45, 7) is 1.64. The molecule has 3 aromatic rings. The van der Waals surface area contributed by atoms with E-state index in [1.54, 1.807) is 37.3 Å². The molecule has 0 radical (unpaired) electrons. The Balaban J connectivity index is 1.91. The van der Waals surface area contributed by atoms with Gasteiger partial charge in [0.25, 0.3) is 0 Å². The fraction of sp³-hybridized carbons (Fsp3) is 0.240. The fourth-order valence-electron chi connectivity index (χ4n) is 3.43. The van der Waals surface area contributed by atoms with Gasteiger partial charge in [-0.25, -0.2) is 25.9 Å². The average Bonchev–Trinajstić information content (AvgIpc) is 2.87. The minimum atomic E-state index is -3.93. The molecule has 0 saturated carbocycles. The number of benzene rings is 3. The Labute approximate surface area is 217 Å². The Hall–Kier alpha value is -2.76. The lowest BCUT2D eigenvalue weighted by Crippen LogP contribution is -2.40. The van der Waals surface area contributed by atoms with Gasteiger partial charge in [-0.3, -0.25) is 0 Å². The summed E-state index contributed by atoms with van der Waals surface area (Å²) >= 11 is 5.90. The van der Waals surface area contributed by atoms with Crippen LogP contribution in [0.15, 0.2) is 88.7 Å². The molecule has 36 heavy (non-hydrogen) atoms. The SMILES string of the molecule is C[C@@H]([C@@H](OC(=O)c1ccc(S(=O)(=O)N(C)C)cc1)c1ccccc1)N(C)S(=O)(=O)c1ccc(Cl)cc1. The number of hydrogen-bond donors (Lipinski definition) is 0. The zero-order valence-electron chi connectivity index (χ0n) is 20.2. The molecule has 3 aromatic carbocycles. The smallest absolute Gasteiger partial charge is 0.338 e. The molecule has 0 aliphatic heterocycles. The van der Waals surface area contributed by atoms with Gasteiger partial charge in [0.15, 0.2) is 0 Å². The second-order valence-electron chi connectivity index (χ2n) is 8.26. The van der Waals surface area contributed by atoms with Gasteiger partial charge in [0.2, 0.25) is 20.0 Å². The van der Waals surface area contributed by atoms with Gasteiger partial charge in [-0.15, -0.1) is 0 Å². The van der Waals surface area contributed by atoms with E-state index in [-0.39, 0.29) is 15.4 Å². The largest absolute Gasteiger partial charge is 0.452 e. The summed E-state index contributed by atoms with van der Waals surface area (Å²) in [5.41, 5.74) is 0.729. The van der Waals surface area contributed by atoms with Crippen molar-refractivity contribution < 1.29 is 26.4 Å². The van der Waals surface area contributed by atoms with Crippen molar-refractivity contribution in [2.24, 2.45) is 0 Å². The Kier molecular flexibility index (Phi) is 8.58. The van der Waals surface area contributed by atoms with Crippen molar-refractivity contribution in [2.45, 2.75) is 28.9 Å². The van der Waals surface area contributed by atoms with Crippen molar-refractivity contribution >= 4 is 37.6 Å². The van der Waals surface area contributed by atoms with Crippen molar-refractivity contribution in [3.63, 3.8) is 0 Å². The number of halogens is 1. The monoisotopic (exact) mass is 550 g/mol. The third kappa shape index (κ3) is 5.96. The zero-order valence-corrected chi connectivity index (χ0v) is 22.6. The molecule has 0 bridgehead atoms. The van der Waals surface area contributed by atoms with Crippen LogP contribution in [0.25, 0.3) is 0 Å². The Morgan fingerprint density at radius 1 is 0.778 bits per heavy atom. The van der Waals surface area contributed by atoms with Gasteiger partial charge in [-0.2, -0.15) is 4.31 Å². The number of esters is 1. The lowest BCUT2D eigenvalue weighted by molar-refractivity contribution is 0.0146. The maximum atomic E-state index is 13.2. The molecule has 0 unspecified atom stereocenters. The summed E-state index contributed by atoms with van der Waals surface area (Å²) in [7, 11) is -3.34. The first-order valence-electron chi connectivity index (χ1n) is 10.9. The van der Waals surface area contributed by atoms with Crippen LogP contribution in [0.3, 0.4) is 0 Å². The van der Waals surface area contributed by atoms with E-state index in [4.69, 9.17) is 16.3 Å². The van der Waals surface area contributed by atoms with Gasteiger partial charge in [-0.1, -0.05) is 41.9 Å². The summed E-state index contributed by atoms with van der Waals surface area (Å²) in [5.74, 6) is -0.721. The number of rotatable bonds is 9. The van der Waals surface area contributed by atoms with Crippen LogP contribution >= 0.6 is 11.6 Å². The first-order valence-corrected chi connectivity index (χ1v) is 14.1. The van der Waals surface area contributed by atoms with Gasteiger partial charge in [0.05, 0.1) is 21.4 Å². The highest BCUT2D eigenvalue weighted by molar-refractivity contribution is 7.89. The molecule has 2 atom stereocenters. The molecule has 0 heterocycles. The molecular weight excluding hydrogens is 524 g/mol. The van der Waals surface area contributed by atoms with E-state index in [2.05, 4.69) is 0 Å². The van der Waals surface area contributed by atoms with Gasteiger partial charge in [0, 0.05) is 26.2 Å². The van der Waals surface area contributed by atoms with Crippen molar-refractivity contribution in [1.29, 1.82) is 0 Å². The van der Waals surface area contributed by atoms with Crippen LogP contribution in [-0.2, 0) is 24.8 Å². The normalized spacial score (nSPS) is 14.0. The standard InChI is InChI=1S/C25H27ClN2O6S2/c1-18(28(4)36(32,33)23-16-12-21(26)13-17-23)24(19-8-6-5-7-9-19)34-25(29)20-10-14-22(15-11-20)35(30,31)27(2)3/h5-18,24H,1-4H3/t18-,24+/m0/s1. The van der Waals surface area contributed by atoms with Crippen molar-refractivity contribution in [3.05, 3.63) is 95.0 Å². The predicted molar refractivity (Wildman–Crippen MR) is 138 cm³/mol. The van der Waals surface area contributed by atoms with E-state index in [0.717, 1.165) is 8.61 Å². The topological polar surface area (TPSA) is 101 Å². The molecule has 8 nitrogen and oxygen atoms in total. The number of nitrogens with zero attached hydrogens (tertiary/aromatic N) is 2. The van der Waals surface area contributed by atoms with Crippen molar-refractivity contribution in [2.75, 3.05) is 21.1 Å². The third-order valence-electron chi connectivity index (χ3n) is 5.73. The molecule has 192 valence electrons. The van der Waals surface area contributed by atoms with Crippen LogP contribution in [0.5, 0.6) is 0 Å². The Morgan fingerprint density at radius 2 is 1.28 bits per heavy atom. The van der Waals surface area contributed by atoms with Crippen LogP contribution in [-0.4, -0.2) is 58.6 Å². The molecule has 0 N–H and O–H groups in total. The van der Waals surface area contributed by atoms with Crippen LogP contribution in [0.4, 0.5) is 0 Å². The first-order chi connectivity index (χ1) is 16.9. The maximum Gasteiger partial charge on any atom is 0.338 e. The molecule has 0 fully saturated rings. The first kappa shape index (κ1) is 27.8. The molecule has 0 aliphatic rings. The molecule has 0 amide bonds. The van der Waals surface area contributed by atoms with E-state index in [1.807, 2.05) is 0 Å². The fourth-order valence-corrected chi connectivity index (χ4v) is 5.82. The summed E-state index contributed by atoms with van der Waals surface area (Å²) < 4.78 is 59.1. The van der Waals surface area contributed by atoms with Crippen LogP contribution in [0, 0.1) is 0 Å². The molecule has 0 aromatic heterocycles. The van der Waals surface area contributed by atoms with Gasteiger partial charge >= 0.3 is 5.97 Å². The molecule has 3 rings (SSSR count). The van der Waals surface area contributed by atoms with Crippen LogP contribution in [0.1, 0.15) is 28.9 Å². The lowest BCUT2D eigenvalue weighted by Gasteiger charge is -2.31. The van der Waals surface area contributed by atoms with Crippen LogP contribution in [0.2, 0.25) is 5.02 Å². The van der Waals surface area contributed by atoms with Crippen molar-refractivity contribution in [3.8, 4) is 0 Å². The second kappa shape index (κ2) is 11.1. The second-order valence-corrected chi connectivity index (χ2v) is 12.8. The number of sulfonamides is 2. The summed E-state index contributed by atoms with van der Waals surface area (Å²) in [6.07, 6.45) is -0.948. The van der Waals surface area contributed by atoms with E-state index >= 15 is 0 Å². The number of likely N-dealkylation sites (N-methyl/N-ethyl adjacent to an activating group) is 1. The van der Waals surface area contributed by atoms with E-state index in [9.17, 15) is 21.6 Å². The highest BCUT2D eigenvalue weighted by Crippen LogP contribution is 2.29. The minimum absolute atomic E-state index is 0.0332. The zero-order chi connectivity index (χ0) is 26.7. The maximum absolute atomic E-state index is 13.2. The van der Waals surface area contributed by atoms with E-state index in [0.29, 0.717) is 10.6 Å². The highest BCUT2D eigenvalue weighted by atomic mass is 35.5. The van der Waals surface area contributed by atoms with Crippen molar-refractivity contribution in [1.82, 2.24) is 8.61 Å². The molecule has 0 spiro atoms. The summed E-state index contributed by atoms with van der Waals surface area (Å²) in [4.78, 5) is 13.1. The Bertz CT molecular complexity index is 1410. The number of ether oxygens (including phenoxy) is 1. The molecule has 0 saturated heterocycles. The Morgan fingerprint density at radius 3 is 1.81 bits per heavy atom. The van der Waals surface area contributed by atoms with Gasteiger partial charge < -0.3 is 4.74 Å². The molecular formula is C25H27ClN2O6S2. The quantitative estimate of drug-likeness (QED) is 0.370. The average molecular weight is 551 g/mol. The van der Waals surface area contributed by atoms with E-state index in [1.165, 1.54) is 69.7 Å². The van der Waals surface area contributed by atoms with Crippen LogP contribution < -0.4 is 0 Å². The minimum Gasteiger partial charge on any atom is -0.452 e. The van der Waals surface area contributed by atoms with E-state index < -0.39 is 38.2 Å². The van der Waals surface area contributed by atoms with Gasteiger partial charge in [0.1, 0.15) is 6.10 Å². The molecule has 11 heteroatoms. The molecule has 0 aliphatic carbocycles. The lowest BCUT2D eigenvalue weighted by atomic mass is 10.0. The summed E-state index contributed by atoms with van der Waals surface area (Å²) in [6, 6.07) is 19.2. The van der Waals surface area contributed by atoms with Gasteiger partial charge in [-0.05, 0) is 61.0 Å². The summed E-state index contributed by atoms with van der Waals surface area (Å²) in [5, 5.41) is 0.408.